The first-order valence-electron chi connectivity index (χ1n) is 11.3. The second-order valence-electron chi connectivity index (χ2n) is 8.81. The molecule has 6 nitrogen and oxygen atoms in total. The maximum Gasteiger partial charge on any atom is 0.141 e. The highest BCUT2D eigenvalue weighted by Crippen LogP contribution is 2.37. The molecular weight excluding hydrogens is 408 g/mol. The Bertz CT molecular complexity index is 1010. The van der Waals surface area contributed by atoms with Crippen LogP contribution >= 0.6 is 11.3 Å². The molecule has 3 aromatic rings. The smallest absolute Gasteiger partial charge is 0.141 e. The molecule has 1 aliphatic carbocycles. The van der Waals surface area contributed by atoms with Gasteiger partial charge in [-0.25, -0.2) is 9.97 Å². The first-order chi connectivity index (χ1) is 15.2. The number of aromatic nitrogens is 2. The lowest BCUT2D eigenvalue weighted by Crippen LogP contribution is -2.45. The topological polar surface area (TPSA) is 70.5 Å². The van der Waals surface area contributed by atoms with Gasteiger partial charge in [-0.2, -0.15) is 0 Å². The van der Waals surface area contributed by atoms with Crippen molar-refractivity contribution < 1.29 is 9.84 Å². The van der Waals surface area contributed by atoms with E-state index in [9.17, 15) is 5.11 Å². The van der Waals surface area contributed by atoms with E-state index in [-0.39, 0.29) is 5.75 Å². The van der Waals surface area contributed by atoms with Gasteiger partial charge in [-0.3, -0.25) is 0 Å². The van der Waals surface area contributed by atoms with Crippen LogP contribution in [0.2, 0.25) is 0 Å². The zero-order valence-corrected chi connectivity index (χ0v) is 18.8. The Morgan fingerprint density at radius 3 is 2.65 bits per heavy atom. The standard InChI is InChI=1S/C24H30N4O2S/c1-16-26-23(22-10-13-31-24(22)27-16)28-11-8-19(9-12-28)25-14-18(17-2-3-17)15-30-21-6-4-20(29)5-7-21/h4-7,10,13,17-19,25,29H,2-3,8-9,11-12,14-15H2,1H3. The molecule has 0 bridgehead atoms. The van der Waals surface area contributed by atoms with Gasteiger partial charge >= 0.3 is 0 Å². The number of fused-ring (bicyclic) bond motifs is 1. The molecule has 7 heteroatoms. The van der Waals surface area contributed by atoms with Crippen molar-refractivity contribution in [3.05, 3.63) is 41.5 Å². The third-order valence-electron chi connectivity index (χ3n) is 6.47. The molecule has 1 aliphatic heterocycles. The van der Waals surface area contributed by atoms with E-state index >= 15 is 0 Å². The maximum absolute atomic E-state index is 9.43. The molecule has 2 aliphatic rings. The largest absolute Gasteiger partial charge is 0.508 e. The number of rotatable bonds is 8. The van der Waals surface area contributed by atoms with Crippen molar-refractivity contribution in [1.29, 1.82) is 0 Å². The lowest BCUT2D eigenvalue weighted by Gasteiger charge is -2.34. The van der Waals surface area contributed by atoms with Gasteiger partial charge in [0.25, 0.3) is 0 Å². The predicted octanol–water partition coefficient (Wildman–Crippen LogP) is 4.37. The second-order valence-corrected chi connectivity index (χ2v) is 9.70. The van der Waals surface area contributed by atoms with Crippen LogP contribution in [0.5, 0.6) is 11.5 Å². The first kappa shape index (κ1) is 20.5. The van der Waals surface area contributed by atoms with Gasteiger partial charge in [0.2, 0.25) is 0 Å². The number of phenolic OH excluding ortho intramolecular Hbond substituents is 1. The van der Waals surface area contributed by atoms with E-state index < -0.39 is 0 Å². The summed E-state index contributed by atoms with van der Waals surface area (Å²) < 4.78 is 6.01. The fourth-order valence-electron chi connectivity index (χ4n) is 4.47. The fraction of sp³-hybridized carbons (Fsp3) is 0.500. The monoisotopic (exact) mass is 438 g/mol. The van der Waals surface area contributed by atoms with Crippen molar-refractivity contribution in [2.24, 2.45) is 11.8 Å². The van der Waals surface area contributed by atoms with Crippen LogP contribution in [-0.2, 0) is 0 Å². The molecule has 0 radical (unpaired) electrons. The summed E-state index contributed by atoms with van der Waals surface area (Å²) >= 11 is 1.69. The van der Waals surface area contributed by atoms with Gasteiger partial charge in [-0.15, -0.1) is 11.3 Å². The van der Waals surface area contributed by atoms with Crippen molar-refractivity contribution >= 4 is 27.4 Å². The Morgan fingerprint density at radius 2 is 1.90 bits per heavy atom. The average molecular weight is 439 g/mol. The first-order valence-corrected chi connectivity index (χ1v) is 12.2. The average Bonchev–Trinajstić information content (AvgIpc) is 3.52. The maximum atomic E-state index is 9.43. The quantitative estimate of drug-likeness (QED) is 0.544. The molecule has 5 rings (SSSR count). The van der Waals surface area contributed by atoms with Gasteiger partial charge < -0.3 is 20.1 Å². The van der Waals surface area contributed by atoms with E-state index in [4.69, 9.17) is 9.72 Å². The lowest BCUT2D eigenvalue weighted by atomic mass is 10.0. The summed E-state index contributed by atoms with van der Waals surface area (Å²) in [4.78, 5) is 12.8. The number of piperidine rings is 1. The number of phenols is 1. The van der Waals surface area contributed by atoms with Crippen LogP contribution in [0.1, 0.15) is 31.5 Å². The molecule has 1 aromatic carbocycles. The minimum absolute atomic E-state index is 0.274. The van der Waals surface area contributed by atoms with Crippen molar-refractivity contribution in [3.8, 4) is 11.5 Å². The third-order valence-corrected chi connectivity index (χ3v) is 7.28. The van der Waals surface area contributed by atoms with E-state index in [0.29, 0.717) is 12.0 Å². The summed E-state index contributed by atoms with van der Waals surface area (Å²) in [6.07, 6.45) is 4.89. The van der Waals surface area contributed by atoms with Crippen LogP contribution in [0, 0.1) is 18.8 Å². The number of aryl methyl sites for hydroxylation is 1. The number of nitrogens with zero attached hydrogens (tertiary/aromatic N) is 3. The second kappa shape index (κ2) is 9.01. The Morgan fingerprint density at radius 1 is 1.13 bits per heavy atom. The van der Waals surface area contributed by atoms with E-state index in [2.05, 4.69) is 26.6 Å². The number of ether oxygens (including phenoxy) is 1. The summed E-state index contributed by atoms with van der Waals surface area (Å²) in [5.41, 5.74) is 0. The molecule has 3 heterocycles. The molecule has 1 atom stereocenters. The number of thiophene rings is 1. The van der Waals surface area contributed by atoms with Gasteiger partial charge in [0.15, 0.2) is 0 Å². The van der Waals surface area contributed by atoms with Crippen molar-refractivity contribution in [2.45, 2.75) is 38.6 Å². The number of hydrogen-bond donors (Lipinski definition) is 2. The third kappa shape index (κ3) is 4.93. The summed E-state index contributed by atoms with van der Waals surface area (Å²) in [6.45, 7) is 5.77. The molecule has 31 heavy (non-hydrogen) atoms. The number of benzene rings is 1. The molecule has 2 N–H and O–H groups in total. The van der Waals surface area contributed by atoms with E-state index in [1.165, 1.54) is 18.2 Å². The van der Waals surface area contributed by atoms with E-state index in [0.717, 1.165) is 67.2 Å². The molecular formula is C24H30N4O2S. The lowest BCUT2D eigenvalue weighted by molar-refractivity contribution is 0.219. The van der Waals surface area contributed by atoms with E-state index in [1.54, 1.807) is 23.5 Å². The molecule has 1 saturated heterocycles. The van der Waals surface area contributed by atoms with Crippen molar-refractivity contribution in [3.63, 3.8) is 0 Å². The van der Waals surface area contributed by atoms with Crippen LogP contribution in [0.15, 0.2) is 35.7 Å². The van der Waals surface area contributed by atoms with Gasteiger partial charge in [0, 0.05) is 31.6 Å². The van der Waals surface area contributed by atoms with Crippen LogP contribution in [0.3, 0.4) is 0 Å². The molecule has 164 valence electrons. The Hall–Kier alpha value is -2.38. The predicted molar refractivity (Wildman–Crippen MR) is 125 cm³/mol. The SMILES string of the molecule is Cc1nc(N2CCC(NCC(COc3ccc(O)cc3)C3CC3)CC2)c2ccsc2n1. The van der Waals surface area contributed by atoms with E-state index in [1.807, 2.05) is 19.1 Å². The van der Waals surface area contributed by atoms with Crippen LogP contribution in [0.25, 0.3) is 10.2 Å². The van der Waals surface area contributed by atoms with Crippen molar-refractivity contribution in [2.75, 3.05) is 31.1 Å². The summed E-state index contributed by atoms with van der Waals surface area (Å²) in [7, 11) is 0. The highest BCUT2D eigenvalue weighted by atomic mass is 32.1. The van der Waals surface area contributed by atoms with Gasteiger partial charge in [0.05, 0.1) is 12.0 Å². The fourth-order valence-corrected chi connectivity index (χ4v) is 5.28. The summed E-state index contributed by atoms with van der Waals surface area (Å²) in [5.74, 6) is 4.38. The molecule has 2 fully saturated rings. The normalized spacial score (nSPS) is 18.4. The highest BCUT2D eigenvalue weighted by molar-refractivity contribution is 7.16. The molecule has 2 aromatic heterocycles. The van der Waals surface area contributed by atoms with Gasteiger partial charge in [0.1, 0.15) is 28.0 Å². The summed E-state index contributed by atoms with van der Waals surface area (Å²) in [6, 6.07) is 9.72. The highest BCUT2D eigenvalue weighted by Gasteiger charge is 2.32. The Labute approximate surface area is 187 Å². The van der Waals surface area contributed by atoms with Crippen LogP contribution in [-0.4, -0.2) is 47.4 Å². The summed E-state index contributed by atoms with van der Waals surface area (Å²) in [5, 5.41) is 16.5. The number of aromatic hydroxyl groups is 1. The van der Waals surface area contributed by atoms with Gasteiger partial charge in [-0.1, -0.05) is 0 Å². The minimum atomic E-state index is 0.274. The van der Waals surface area contributed by atoms with Gasteiger partial charge in [-0.05, 0) is 74.2 Å². The van der Waals surface area contributed by atoms with Crippen LogP contribution < -0.4 is 15.0 Å². The Balaban J connectivity index is 1.13. The molecule has 1 saturated carbocycles. The Kier molecular flexibility index (Phi) is 5.96. The van der Waals surface area contributed by atoms with Crippen LogP contribution in [0.4, 0.5) is 5.82 Å². The molecule has 0 spiro atoms. The molecule has 0 amide bonds. The number of anilines is 1. The number of nitrogens with one attached hydrogen (secondary N) is 1. The molecule has 1 unspecified atom stereocenters. The minimum Gasteiger partial charge on any atom is -0.508 e. The zero-order valence-electron chi connectivity index (χ0n) is 18.0. The van der Waals surface area contributed by atoms with Crippen molar-refractivity contribution in [1.82, 2.24) is 15.3 Å². The zero-order chi connectivity index (χ0) is 21.2. The number of hydrogen-bond acceptors (Lipinski definition) is 7.